The number of rotatable bonds is 4. The van der Waals surface area contributed by atoms with Crippen molar-refractivity contribution in [3.8, 4) is 0 Å². The van der Waals surface area contributed by atoms with Gasteiger partial charge in [-0.2, -0.15) is 5.10 Å². The van der Waals surface area contributed by atoms with E-state index in [9.17, 15) is 8.42 Å². The summed E-state index contributed by atoms with van der Waals surface area (Å²) in [7, 11) is -0.383. The van der Waals surface area contributed by atoms with Crippen molar-refractivity contribution in [2.75, 3.05) is 5.73 Å². The van der Waals surface area contributed by atoms with Gasteiger partial charge >= 0.3 is 0 Å². The molecule has 0 radical (unpaired) electrons. The van der Waals surface area contributed by atoms with Crippen molar-refractivity contribution in [2.24, 2.45) is 14.1 Å². The highest BCUT2D eigenvalue weighted by Crippen LogP contribution is 2.15. The Kier molecular flexibility index (Phi) is 3.05. The molecule has 0 bridgehead atoms. The van der Waals surface area contributed by atoms with Crippen LogP contribution < -0.4 is 10.5 Å². The number of nitrogen functional groups attached to an aromatic ring is 1. The normalized spacial score (nSPS) is 11.9. The first-order valence-electron chi connectivity index (χ1n) is 5.02. The summed E-state index contributed by atoms with van der Waals surface area (Å²) in [5, 5.41) is 11.2. The molecule has 3 N–H and O–H groups in total. The van der Waals surface area contributed by atoms with Gasteiger partial charge in [-0.3, -0.25) is 4.68 Å². The minimum atomic E-state index is -3.70. The molecule has 0 aliphatic heterocycles. The van der Waals surface area contributed by atoms with Crippen LogP contribution in [0.15, 0.2) is 17.4 Å². The fourth-order valence-electron chi connectivity index (χ4n) is 1.40. The molecule has 0 unspecified atom stereocenters. The number of hydrogen-bond acceptors (Lipinski definition) is 6. The van der Waals surface area contributed by atoms with Crippen molar-refractivity contribution < 1.29 is 8.42 Å². The topological polar surface area (TPSA) is 121 Å². The molecular weight excluding hydrogens is 258 g/mol. The molecule has 0 aliphatic carbocycles. The molecule has 2 rings (SSSR count). The molecule has 2 heterocycles. The molecule has 0 saturated carbocycles. The lowest BCUT2D eigenvalue weighted by atomic mass is 10.6. The second-order valence-electron chi connectivity index (χ2n) is 3.73. The van der Waals surface area contributed by atoms with Crippen LogP contribution in [0, 0.1) is 0 Å². The van der Waals surface area contributed by atoms with Gasteiger partial charge in [0.2, 0.25) is 10.0 Å². The van der Waals surface area contributed by atoms with E-state index < -0.39 is 10.0 Å². The number of hydrogen-bond donors (Lipinski definition) is 2. The minimum absolute atomic E-state index is 0.0349. The maximum Gasteiger partial charge on any atom is 0.246 e. The Morgan fingerprint density at radius 3 is 2.67 bits per heavy atom. The van der Waals surface area contributed by atoms with E-state index in [0.717, 1.165) is 0 Å². The summed E-state index contributed by atoms with van der Waals surface area (Å²) in [5.41, 5.74) is 5.52. The first kappa shape index (κ1) is 12.5. The van der Waals surface area contributed by atoms with Gasteiger partial charge in [-0.05, 0) is 0 Å². The maximum absolute atomic E-state index is 12.0. The molecule has 0 atom stereocenters. The van der Waals surface area contributed by atoms with E-state index in [2.05, 4.69) is 20.0 Å². The molecule has 2 aromatic heterocycles. The summed E-state index contributed by atoms with van der Waals surface area (Å²) in [4.78, 5) is -0.0489. The Bertz CT molecular complexity index is 657. The zero-order valence-corrected chi connectivity index (χ0v) is 10.7. The average molecular weight is 271 g/mol. The van der Waals surface area contributed by atoms with Crippen molar-refractivity contribution in [1.82, 2.24) is 29.3 Å². The summed E-state index contributed by atoms with van der Waals surface area (Å²) >= 11 is 0. The zero-order valence-electron chi connectivity index (χ0n) is 9.90. The van der Waals surface area contributed by atoms with Gasteiger partial charge in [0.1, 0.15) is 17.0 Å². The Morgan fingerprint density at radius 1 is 1.44 bits per heavy atom. The van der Waals surface area contributed by atoms with Crippen LogP contribution in [0.1, 0.15) is 5.82 Å². The molecule has 0 saturated heterocycles. The van der Waals surface area contributed by atoms with Gasteiger partial charge in [0.05, 0.1) is 6.54 Å². The van der Waals surface area contributed by atoms with Crippen LogP contribution in [0.2, 0.25) is 0 Å². The van der Waals surface area contributed by atoms with E-state index in [0.29, 0.717) is 5.82 Å². The predicted octanol–water partition coefficient (Wildman–Crippen LogP) is -1.39. The van der Waals surface area contributed by atoms with E-state index in [1.165, 1.54) is 17.2 Å². The third kappa shape index (κ3) is 2.33. The van der Waals surface area contributed by atoms with Crippen LogP contribution in [-0.2, 0) is 30.7 Å². The Morgan fingerprint density at radius 2 is 2.17 bits per heavy atom. The third-order valence-electron chi connectivity index (χ3n) is 2.34. The molecule has 0 spiro atoms. The molecule has 0 amide bonds. The van der Waals surface area contributed by atoms with Crippen LogP contribution >= 0.6 is 0 Å². The van der Waals surface area contributed by atoms with Crippen LogP contribution in [0.25, 0.3) is 0 Å². The summed E-state index contributed by atoms with van der Waals surface area (Å²) in [5.74, 6) is 0.462. The lowest BCUT2D eigenvalue weighted by Gasteiger charge is -2.04. The van der Waals surface area contributed by atoms with E-state index in [-0.39, 0.29) is 17.3 Å². The van der Waals surface area contributed by atoms with Crippen LogP contribution in [-0.4, -0.2) is 33.0 Å². The standard InChI is InChI=1S/C8H13N7O2S/c1-14-5-10-12-7(14)3-11-18(16,17)6-4-15(2)13-8(6)9/h4-5,11H,3H2,1-2H3,(H2,9,13). The highest BCUT2D eigenvalue weighted by Gasteiger charge is 2.20. The summed E-state index contributed by atoms with van der Waals surface area (Å²) in [6, 6.07) is 0. The second kappa shape index (κ2) is 4.38. The molecule has 10 heteroatoms. The van der Waals surface area contributed by atoms with Gasteiger partial charge in [0.15, 0.2) is 5.82 Å². The van der Waals surface area contributed by atoms with Crippen LogP contribution in [0.4, 0.5) is 5.82 Å². The number of nitrogens with two attached hydrogens (primary N) is 1. The Hall–Kier alpha value is -1.94. The molecule has 9 nitrogen and oxygen atoms in total. The van der Waals surface area contributed by atoms with Crippen LogP contribution in [0.5, 0.6) is 0 Å². The molecule has 98 valence electrons. The first-order chi connectivity index (χ1) is 8.40. The summed E-state index contributed by atoms with van der Waals surface area (Å²) in [6.07, 6.45) is 2.83. The van der Waals surface area contributed by atoms with Crippen LogP contribution in [0.3, 0.4) is 0 Å². The molecule has 2 aromatic rings. The SMILES string of the molecule is Cn1cc(S(=O)(=O)NCc2nncn2C)c(N)n1. The van der Waals surface area contributed by atoms with Crippen molar-refractivity contribution in [1.29, 1.82) is 0 Å². The zero-order chi connectivity index (χ0) is 13.3. The largest absolute Gasteiger partial charge is 0.381 e. The summed E-state index contributed by atoms with van der Waals surface area (Å²) < 4.78 is 29.3. The van der Waals surface area contributed by atoms with E-state index in [4.69, 9.17) is 5.73 Å². The predicted molar refractivity (Wildman–Crippen MR) is 62.6 cm³/mol. The molecule has 0 fully saturated rings. The van der Waals surface area contributed by atoms with Gasteiger partial charge in [-0.25, -0.2) is 13.1 Å². The molecular formula is C8H13N7O2S. The highest BCUT2D eigenvalue weighted by molar-refractivity contribution is 7.89. The van der Waals surface area contributed by atoms with Crippen molar-refractivity contribution in [3.05, 3.63) is 18.3 Å². The van der Waals surface area contributed by atoms with Gasteiger partial charge in [0.25, 0.3) is 0 Å². The summed E-state index contributed by atoms with van der Waals surface area (Å²) in [6.45, 7) is 0.0349. The van der Waals surface area contributed by atoms with Crippen molar-refractivity contribution in [2.45, 2.75) is 11.4 Å². The number of aromatic nitrogens is 5. The van der Waals surface area contributed by atoms with E-state index in [1.54, 1.807) is 18.7 Å². The maximum atomic E-state index is 12.0. The lowest BCUT2D eigenvalue weighted by molar-refractivity contribution is 0.577. The second-order valence-corrected chi connectivity index (χ2v) is 5.47. The number of sulfonamides is 1. The fourth-order valence-corrected chi connectivity index (χ4v) is 2.48. The molecule has 0 aliphatic rings. The molecule has 18 heavy (non-hydrogen) atoms. The highest BCUT2D eigenvalue weighted by atomic mass is 32.2. The fraction of sp³-hybridized carbons (Fsp3) is 0.375. The number of nitrogens with one attached hydrogen (secondary N) is 1. The Balaban J connectivity index is 2.18. The smallest absolute Gasteiger partial charge is 0.246 e. The molecule has 0 aromatic carbocycles. The monoisotopic (exact) mass is 271 g/mol. The Labute approximate surface area is 104 Å². The minimum Gasteiger partial charge on any atom is -0.381 e. The van der Waals surface area contributed by atoms with Gasteiger partial charge < -0.3 is 10.3 Å². The van der Waals surface area contributed by atoms with E-state index >= 15 is 0 Å². The first-order valence-corrected chi connectivity index (χ1v) is 6.50. The van der Waals surface area contributed by atoms with Gasteiger partial charge in [-0.1, -0.05) is 0 Å². The average Bonchev–Trinajstić information content (AvgIpc) is 2.82. The number of anilines is 1. The quantitative estimate of drug-likeness (QED) is 0.706. The third-order valence-corrected chi connectivity index (χ3v) is 3.75. The number of nitrogens with zero attached hydrogens (tertiary/aromatic N) is 5. The van der Waals surface area contributed by atoms with Crippen molar-refractivity contribution >= 4 is 15.8 Å². The van der Waals surface area contributed by atoms with E-state index in [1.807, 2.05) is 0 Å². The number of aryl methyl sites for hydroxylation is 2. The lowest BCUT2D eigenvalue weighted by Crippen LogP contribution is -2.25. The van der Waals surface area contributed by atoms with Gasteiger partial charge in [0, 0.05) is 20.3 Å². The van der Waals surface area contributed by atoms with Gasteiger partial charge in [-0.15, -0.1) is 10.2 Å². The van der Waals surface area contributed by atoms with Crippen molar-refractivity contribution in [3.63, 3.8) is 0 Å².